The summed E-state index contributed by atoms with van der Waals surface area (Å²) in [6.07, 6.45) is 5.79. The fourth-order valence-corrected chi connectivity index (χ4v) is 4.67. The van der Waals surface area contributed by atoms with Crippen LogP contribution in [-0.2, 0) is 16.0 Å². The molecular weight excluding hydrogens is 286 g/mol. The van der Waals surface area contributed by atoms with Crippen LogP contribution in [0.15, 0.2) is 30.3 Å². The highest BCUT2D eigenvalue weighted by Crippen LogP contribution is 2.44. The van der Waals surface area contributed by atoms with E-state index in [-0.39, 0.29) is 23.7 Å². The van der Waals surface area contributed by atoms with Gasteiger partial charge >= 0.3 is 0 Å². The highest BCUT2D eigenvalue weighted by molar-refractivity contribution is 5.73. The van der Waals surface area contributed by atoms with Gasteiger partial charge in [0.05, 0.1) is 12.2 Å². The Balaban J connectivity index is 1.79. The lowest BCUT2D eigenvalue weighted by atomic mass is 9.67. The molecule has 5 atom stereocenters. The molecule has 3 nitrogen and oxygen atoms in total. The first kappa shape index (κ1) is 16.5. The van der Waals surface area contributed by atoms with Gasteiger partial charge in [0.2, 0.25) is 5.91 Å². The van der Waals surface area contributed by atoms with Crippen LogP contribution in [0.3, 0.4) is 0 Å². The van der Waals surface area contributed by atoms with Crippen molar-refractivity contribution in [3.05, 3.63) is 35.9 Å². The van der Waals surface area contributed by atoms with E-state index in [1.807, 2.05) is 6.07 Å². The van der Waals surface area contributed by atoms with Gasteiger partial charge in [-0.15, -0.1) is 0 Å². The van der Waals surface area contributed by atoms with Crippen LogP contribution < -0.4 is 5.32 Å². The molecule has 126 valence electrons. The van der Waals surface area contributed by atoms with E-state index in [0.717, 1.165) is 25.7 Å². The Hall–Kier alpha value is -1.35. The summed E-state index contributed by atoms with van der Waals surface area (Å²) in [5.74, 6) is 1.23. The van der Waals surface area contributed by atoms with Crippen molar-refractivity contribution in [2.24, 2.45) is 11.8 Å². The van der Waals surface area contributed by atoms with Crippen LogP contribution in [0.5, 0.6) is 0 Å². The summed E-state index contributed by atoms with van der Waals surface area (Å²) in [5, 5.41) is 3.27. The molecule has 1 aromatic carbocycles. The van der Waals surface area contributed by atoms with Gasteiger partial charge in [-0.1, -0.05) is 43.7 Å². The molecule has 0 radical (unpaired) electrons. The van der Waals surface area contributed by atoms with Crippen LogP contribution in [0.25, 0.3) is 0 Å². The van der Waals surface area contributed by atoms with Crippen molar-refractivity contribution in [3.8, 4) is 0 Å². The maximum atomic E-state index is 11.8. The summed E-state index contributed by atoms with van der Waals surface area (Å²) in [6, 6.07) is 10.5. The number of rotatable bonds is 3. The molecule has 1 aromatic rings. The third-order valence-electron chi connectivity index (χ3n) is 5.66. The zero-order valence-corrected chi connectivity index (χ0v) is 14.5. The lowest BCUT2D eigenvalue weighted by Crippen LogP contribution is -2.62. The number of amides is 1. The Morgan fingerprint density at radius 2 is 2.04 bits per heavy atom. The lowest BCUT2D eigenvalue weighted by molar-refractivity contribution is -0.150. The van der Waals surface area contributed by atoms with Crippen molar-refractivity contribution in [2.45, 2.75) is 70.6 Å². The van der Waals surface area contributed by atoms with Gasteiger partial charge in [-0.25, -0.2) is 0 Å². The molecule has 0 unspecified atom stereocenters. The first-order valence-electron chi connectivity index (χ1n) is 8.94. The minimum atomic E-state index is -0.145. The van der Waals surface area contributed by atoms with Gasteiger partial charge in [0.25, 0.3) is 0 Å². The maximum Gasteiger partial charge on any atom is 0.217 e. The largest absolute Gasteiger partial charge is 0.374 e. The second kappa shape index (κ2) is 6.64. The average molecular weight is 315 g/mol. The van der Waals surface area contributed by atoms with Gasteiger partial charge in [-0.3, -0.25) is 4.79 Å². The second-order valence-electron chi connectivity index (χ2n) is 7.81. The van der Waals surface area contributed by atoms with E-state index in [0.29, 0.717) is 11.8 Å². The Labute approximate surface area is 139 Å². The molecule has 1 aliphatic carbocycles. The molecule has 1 amide bonds. The summed E-state index contributed by atoms with van der Waals surface area (Å²) >= 11 is 0. The second-order valence-corrected chi connectivity index (χ2v) is 7.81. The monoisotopic (exact) mass is 315 g/mol. The first-order valence-corrected chi connectivity index (χ1v) is 8.94. The summed E-state index contributed by atoms with van der Waals surface area (Å²) in [7, 11) is 0. The third kappa shape index (κ3) is 3.77. The lowest BCUT2D eigenvalue weighted by Gasteiger charge is -2.52. The predicted molar refractivity (Wildman–Crippen MR) is 92.2 cm³/mol. The Morgan fingerprint density at radius 3 is 2.74 bits per heavy atom. The molecule has 2 fully saturated rings. The van der Waals surface area contributed by atoms with Crippen molar-refractivity contribution in [2.75, 3.05) is 0 Å². The van der Waals surface area contributed by atoms with Crippen molar-refractivity contribution < 1.29 is 9.53 Å². The van der Waals surface area contributed by atoms with Crippen LogP contribution >= 0.6 is 0 Å². The van der Waals surface area contributed by atoms with Gasteiger partial charge in [0.15, 0.2) is 0 Å². The number of carbonyl (C=O) groups excluding carboxylic acids is 1. The Bertz CT molecular complexity index is 544. The molecule has 3 rings (SSSR count). The molecule has 1 aliphatic heterocycles. The Morgan fingerprint density at radius 1 is 1.30 bits per heavy atom. The fraction of sp³-hybridized carbons (Fsp3) is 0.650. The van der Waals surface area contributed by atoms with Gasteiger partial charge < -0.3 is 10.1 Å². The minimum Gasteiger partial charge on any atom is -0.374 e. The molecular formula is C20H29NO2. The van der Waals surface area contributed by atoms with Gasteiger partial charge in [-0.2, -0.15) is 0 Å². The summed E-state index contributed by atoms with van der Waals surface area (Å²) in [4.78, 5) is 11.8. The average Bonchev–Trinajstić information content (AvgIpc) is 2.46. The first-order chi connectivity index (χ1) is 11.0. The highest BCUT2D eigenvalue weighted by Gasteiger charge is 2.48. The predicted octanol–water partition coefficient (Wildman–Crippen LogP) is 3.72. The summed E-state index contributed by atoms with van der Waals surface area (Å²) in [6.45, 7) is 6.17. The molecule has 1 N–H and O–H groups in total. The standard InChI is InChI=1S/C20H29NO2/c1-14-9-10-18-19(11-14)23-17(12-16-7-5-4-6-8-16)13-20(18,3)21-15(2)22/h4-8,14,17-19H,9-13H2,1-3H3,(H,21,22)/t14-,17+,18-,19-,20-/m1/s1. The minimum absolute atomic E-state index is 0.0743. The fourth-order valence-electron chi connectivity index (χ4n) is 4.67. The number of ether oxygens (including phenoxy) is 1. The maximum absolute atomic E-state index is 11.8. The van der Waals surface area contributed by atoms with E-state index in [9.17, 15) is 4.79 Å². The number of nitrogens with one attached hydrogen (secondary N) is 1. The van der Waals surface area contributed by atoms with Crippen LogP contribution in [0.4, 0.5) is 0 Å². The van der Waals surface area contributed by atoms with Gasteiger partial charge in [0, 0.05) is 18.4 Å². The topological polar surface area (TPSA) is 38.3 Å². The van der Waals surface area contributed by atoms with Crippen LogP contribution in [-0.4, -0.2) is 23.7 Å². The molecule has 2 aliphatic rings. The molecule has 1 heterocycles. The smallest absolute Gasteiger partial charge is 0.217 e. The highest BCUT2D eigenvalue weighted by atomic mass is 16.5. The molecule has 1 saturated heterocycles. The number of hydrogen-bond acceptors (Lipinski definition) is 2. The van der Waals surface area contributed by atoms with Crippen LogP contribution in [0.1, 0.15) is 52.0 Å². The van der Waals surface area contributed by atoms with E-state index in [1.54, 1.807) is 6.92 Å². The third-order valence-corrected chi connectivity index (χ3v) is 5.66. The van der Waals surface area contributed by atoms with Crippen molar-refractivity contribution in [1.29, 1.82) is 0 Å². The number of fused-ring (bicyclic) bond motifs is 1. The summed E-state index contributed by atoms with van der Waals surface area (Å²) in [5.41, 5.74) is 1.17. The number of benzene rings is 1. The molecule has 23 heavy (non-hydrogen) atoms. The van der Waals surface area contributed by atoms with Crippen LogP contribution in [0, 0.1) is 11.8 Å². The van der Waals surface area contributed by atoms with E-state index < -0.39 is 0 Å². The molecule has 0 spiro atoms. The van der Waals surface area contributed by atoms with Crippen molar-refractivity contribution in [1.82, 2.24) is 5.32 Å². The molecule has 1 saturated carbocycles. The zero-order chi connectivity index (χ0) is 16.4. The van der Waals surface area contributed by atoms with E-state index in [2.05, 4.69) is 43.4 Å². The van der Waals surface area contributed by atoms with Gasteiger partial charge in [-0.05, 0) is 44.1 Å². The van der Waals surface area contributed by atoms with E-state index >= 15 is 0 Å². The van der Waals surface area contributed by atoms with E-state index in [4.69, 9.17) is 4.74 Å². The SMILES string of the molecule is CC(=O)N[C@]1(C)C[C@H](Cc2ccccc2)O[C@@H]2C[C@H](C)CC[C@H]21. The summed E-state index contributed by atoms with van der Waals surface area (Å²) < 4.78 is 6.49. The molecule has 0 aromatic heterocycles. The normalized spacial score (nSPS) is 37.0. The zero-order valence-electron chi connectivity index (χ0n) is 14.5. The van der Waals surface area contributed by atoms with Crippen molar-refractivity contribution in [3.63, 3.8) is 0 Å². The van der Waals surface area contributed by atoms with E-state index in [1.165, 1.54) is 12.0 Å². The number of carbonyl (C=O) groups is 1. The number of hydrogen-bond donors (Lipinski definition) is 1. The molecule has 3 heteroatoms. The van der Waals surface area contributed by atoms with Gasteiger partial charge in [0.1, 0.15) is 0 Å². The molecule has 0 bridgehead atoms. The quantitative estimate of drug-likeness (QED) is 0.923. The Kier molecular flexibility index (Phi) is 4.77. The van der Waals surface area contributed by atoms with Crippen molar-refractivity contribution >= 4 is 5.91 Å². The van der Waals surface area contributed by atoms with Crippen LogP contribution in [0.2, 0.25) is 0 Å².